The van der Waals surface area contributed by atoms with Crippen LogP contribution in [0.2, 0.25) is 5.02 Å². The molecule has 2 bridgehead atoms. The Morgan fingerprint density at radius 2 is 2.07 bits per heavy atom. The fraction of sp³-hybridized carbons (Fsp3) is 0.381. The summed E-state index contributed by atoms with van der Waals surface area (Å²) < 4.78 is 3.46. The largest absolute Gasteiger partial charge is 0.349 e. The van der Waals surface area contributed by atoms with Crippen molar-refractivity contribution in [1.29, 1.82) is 0 Å². The first-order chi connectivity index (χ1) is 14.0. The van der Waals surface area contributed by atoms with Crippen molar-refractivity contribution >= 4 is 40.8 Å². The molecule has 0 unspecified atom stereocenters. The van der Waals surface area contributed by atoms with Crippen LogP contribution in [-0.2, 0) is 18.4 Å². The third-order valence-corrected chi connectivity index (χ3v) is 6.46. The third kappa shape index (κ3) is 3.31. The lowest BCUT2D eigenvalue weighted by Gasteiger charge is -2.42. The maximum atomic E-state index is 13.2. The van der Waals surface area contributed by atoms with Gasteiger partial charge in [0.05, 0.1) is 22.8 Å². The van der Waals surface area contributed by atoms with Crippen LogP contribution in [0.25, 0.3) is 10.9 Å². The van der Waals surface area contributed by atoms with Gasteiger partial charge in [-0.15, -0.1) is 12.4 Å². The van der Waals surface area contributed by atoms with Gasteiger partial charge in [0.2, 0.25) is 5.91 Å². The van der Waals surface area contributed by atoms with Gasteiger partial charge in [0.25, 0.3) is 5.56 Å². The van der Waals surface area contributed by atoms with E-state index in [4.69, 9.17) is 11.6 Å². The van der Waals surface area contributed by atoms with Gasteiger partial charge < -0.3 is 10.6 Å². The molecule has 30 heavy (non-hydrogen) atoms. The molecule has 2 aromatic heterocycles. The van der Waals surface area contributed by atoms with Crippen molar-refractivity contribution in [2.45, 2.75) is 24.9 Å². The summed E-state index contributed by atoms with van der Waals surface area (Å²) in [6, 6.07) is 10.4. The second-order valence-corrected chi connectivity index (χ2v) is 8.28. The molecule has 1 aromatic carbocycles. The molecule has 1 saturated heterocycles. The van der Waals surface area contributed by atoms with Gasteiger partial charge in [0.15, 0.2) is 0 Å². The average Bonchev–Trinajstić information content (AvgIpc) is 3.04. The number of nitrogens with one attached hydrogen (secondary N) is 2. The quantitative estimate of drug-likeness (QED) is 0.645. The average molecular weight is 448 g/mol. The van der Waals surface area contributed by atoms with Crippen molar-refractivity contribution in [3.8, 4) is 0 Å². The van der Waals surface area contributed by atoms with Gasteiger partial charge in [-0.1, -0.05) is 23.7 Å². The zero-order valence-electron chi connectivity index (χ0n) is 16.5. The topological polar surface area (TPSA) is 81.0 Å². The summed E-state index contributed by atoms with van der Waals surface area (Å²) in [6.45, 7) is 1.83. The maximum Gasteiger partial charge on any atom is 0.251 e. The van der Waals surface area contributed by atoms with Crippen LogP contribution in [0.15, 0.2) is 41.2 Å². The number of carbonyl (C=O) groups excluding carboxylic acids is 1. The van der Waals surface area contributed by atoms with Gasteiger partial charge >= 0.3 is 0 Å². The molecule has 9 heteroatoms. The number of pyridine rings is 1. The van der Waals surface area contributed by atoms with Crippen LogP contribution in [0.5, 0.6) is 0 Å². The SMILES string of the molecule is Cl.Cn1nc(CNC(=O)[C@H]2[C@@H]3CNC[C@@H](C3)c3cccc(=O)n32)c2c(Cl)cccc21. The number of hydrogen-bond acceptors (Lipinski definition) is 4. The van der Waals surface area contributed by atoms with Crippen LogP contribution in [0.4, 0.5) is 0 Å². The number of nitrogens with zero attached hydrogens (tertiary/aromatic N) is 3. The smallest absolute Gasteiger partial charge is 0.251 e. The van der Waals surface area contributed by atoms with Crippen molar-refractivity contribution in [1.82, 2.24) is 25.0 Å². The Bertz CT molecular complexity index is 1170. The predicted octanol–water partition coefficient (Wildman–Crippen LogP) is 2.37. The highest BCUT2D eigenvalue weighted by Gasteiger charge is 2.41. The van der Waals surface area contributed by atoms with Crippen molar-refractivity contribution in [2.24, 2.45) is 13.0 Å². The van der Waals surface area contributed by atoms with Crippen LogP contribution in [0, 0.1) is 5.92 Å². The van der Waals surface area contributed by atoms with Gasteiger partial charge in [-0.05, 0) is 24.6 Å². The van der Waals surface area contributed by atoms with E-state index in [1.807, 2.05) is 31.3 Å². The molecular formula is C21H23Cl2N5O2. The molecule has 7 nitrogen and oxygen atoms in total. The first-order valence-corrected chi connectivity index (χ1v) is 10.2. The molecule has 4 heterocycles. The molecule has 1 fully saturated rings. The Kier molecular flexibility index (Phi) is 5.61. The zero-order chi connectivity index (χ0) is 20.1. The molecule has 0 saturated carbocycles. The van der Waals surface area contributed by atoms with Gasteiger partial charge in [0, 0.05) is 49.1 Å². The molecule has 3 atom stereocenters. The monoisotopic (exact) mass is 447 g/mol. The summed E-state index contributed by atoms with van der Waals surface area (Å²) in [6.07, 6.45) is 0.910. The van der Waals surface area contributed by atoms with Crippen molar-refractivity contribution in [2.75, 3.05) is 13.1 Å². The molecule has 2 N–H and O–H groups in total. The van der Waals surface area contributed by atoms with Gasteiger partial charge in [-0.2, -0.15) is 5.10 Å². The van der Waals surface area contributed by atoms with E-state index >= 15 is 0 Å². The number of halogens is 2. The number of fused-ring (bicyclic) bond motifs is 5. The van der Waals surface area contributed by atoms with Gasteiger partial charge in [-0.25, -0.2) is 0 Å². The van der Waals surface area contributed by atoms with E-state index in [2.05, 4.69) is 15.7 Å². The second-order valence-electron chi connectivity index (χ2n) is 7.88. The lowest BCUT2D eigenvalue weighted by Crippen LogP contribution is -2.52. The summed E-state index contributed by atoms with van der Waals surface area (Å²) in [4.78, 5) is 25.9. The van der Waals surface area contributed by atoms with Crippen LogP contribution in [0.1, 0.15) is 29.8 Å². The number of aryl methyl sites for hydroxylation is 1. The van der Waals surface area contributed by atoms with Crippen molar-refractivity contribution in [3.05, 3.63) is 63.2 Å². The Balaban J connectivity index is 0.00000218. The number of aromatic nitrogens is 3. The zero-order valence-corrected chi connectivity index (χ0v) is 18.0. The summed E-state index contributed by atoms with van der Waals surface area (Å²) in [5.74, 6) is 0.202. The standard InChI is InChI=1S/C21H22ClN5O2.ClH/c1-26-17-6-2-4-14(22)19(17)15(25-26)11-24-21(29)20-13-8-12(9-23-10-13)16-5-3-7-18(28)27(16)20;/h2-7,12-13,20,23H,8-11H2,1H3,(H,24,29);1H/t12-,13+,20-;/m1./s1. The Hall–Kier alpha value is -2.35. The number of piperidine rings is 1. The van der Waals surface area contributed by atoms with E-state index in [-0.39, 0.29) is 42.3 Å². The summed E-state index contributed by atoms with van der Waals surface area (Å²) in [5, 5.41) is 12.4. The first kappa shape index (κ1) is 20.9. The maximum absolute atomic E-state index is 13.2. The number of benzene rings is 1. The van der Waals surface area contributed by atoms with Crippen LogP contribution in [0.3, 0.4) is 0 Å². The number of hydrogen-bond donors (Lipinski definition) is 2. The molecule has 1 amide bonds. The van der Waals surface area contributed by atoms with E-state index in [9.17, 15) is 9.59 Å². The first-order valence-electron chi connectivity index (χ1n) is 9.84. The van der Waals surface area contributed by atoms with Crippen molar-refractivity contribution < 1.29 is 4.79 Å². The van der Waals surface area contributed by atoms with E-state index < -0.39 is 6.04 Å². The van der Waals surface area contributed by atoms with Crippen LogP contribution in [-0.4, -0.2) is 33.3 Å². The van der Waals surface area contributed by atoms with E-state index in [0.717, 1.165) is 41.8 Å². The third-order valence-electron chi connectivity index (χ3n) is 6.15. The fourth-order valence-corrected chi connectivity index (χ4v) is 5.16. The Morgan fingerprint density at radius 3 is 2.90 bits per heavy atom. The lowest BCUT2D eigenvalue weighted by atomic mass is 9.79. The molecule has 158 valence electrons. The minimum Gasteiger partial charge on any atom is -0.349 e. The minimum absolute atomic E-state index is 0. The highest BCUT2D eigenvalue weighted by molar-refractivity contribution is 6.35. The Morgan fingerprint density at radius 1 is 1.27 bits per heavy atom. The normalized spacial score (nSPS) is 22.3. The van der Waals surface area contributed by atoms with Crippen LogP contribution < -0.4 is 16.2 Å². The molecule has 2 aliphatic heterocycles. The van der Waals surface area contributed by atoms with Crippen LogP contribution >= 0.6 is 24.0 Å². The molecule has 0 aliphatic carbocycles. The molecule has 0 radical (unpaired) electrons. The second kappa shape index (κ2) is 8.06. The molecule has 5 rings (SSSR count). The summed E-state index contributed by atoms with van der Waals surface area (Å²) >= 11 is 6.38. The highest BCUT2D eigenvalue weighted by atomic mass is 35.5. The number of rotatable bonds is 3. The lowest BCUT2D eigenvalue weighted by molar-refractivity contribution is -0.127. The molecule has 2 aliphatic rings. The molecule has 0 spiro atoms. The van der Waals surface area contributed by atoms with Gasteiger partial charge in [0.1, 0.15) is 6.04 Å². The fourth-order valence-electron chi connectivity index (χ4n) is 4.88. The molecular weight excluding hydrogens is 425 g/mol. The number of amides is 1. The van der Waals surface area contributed by atoms with Crippen molar-refractivity contribution in [3.63, 3.8) is 0 Å². The summed E-state index contributed by atoms with van der Waals surface area (Å²) in [7, 11) is 1.86. The van der Waals surface area contributed by atoms with Gasteiger partial charge in [-0.3, -0.25) is 18.8 Å². The molecule has 3 aromatic rings. The highest BCUT2D eigenvalue weighted by Crippen LogP contribution is 2.38. The Labute approximate surface area is 184 Å². The van der Waals surface area contributed by atoms with E-state index in [1.165, 1.54) is 6.07 Å². The number of carbonyl (C=O) groups is 1. The summed E-state index contributed by atoms with van der Waals surface area (Å²) in [5.41, 5.74) is 2.45. The van der Waals surface area contributed by atoms with E-state index in [1.54, 1.807) is 15.3 Å². The van der Waals surface area contributed by atoms with E-state index in [0.29, 0.717) is 5.02 Å². The minimum atomic E-state index is -0.520. The predicted molar refractivity (Wildman–Crippen MR) is 118 cm³/mol.